The highest BCUT2D eigenvalue weighted by molar-refractivity contribution is 5.98. The summed E-state index contributed by atoms with van der Waals surface area (Å²) in [6, 6.07) is -1.27. The molecule has 2 saturated carbocycles. The Bertz CT molecular complexity index is 626. The van der Waals surface area contributed by atoms with E-state index in [1.54, 1.807) is 7.05 Å². The standard InChI is InChI=1S/C24H40N2O6/c1-17(27)13-22(28)26-21(15-19-11-7-4-8-12-19)24(30)32-16-31-23(29)20(25-2)14-18-9-5-3-6-10-18/h18-21,25H,3-16H2,1-2H3,(H,26,28). The first-order chi connectivity index (χ1) is 15.4. The van der Waals surface area contributed by atoms with Gasteiger partial charge in [-0.15, -0.1) is 0 Å². The van der Waals surface area contributed by atoms with Crippen molar-refractivity contribution >= 4 is 23.6 Å². The van der Waals surface area contributed by atoms with Crippen molar-refractivity contribution in [3.63, 3.8) is 0 Å². The minimum absolute atomic E-state index is 0.266. The van der Waals surface area contributed by atoms with E-state index in [0.717, 1.165) is 38.5 Å². The number of ether oxygens (including phenoxy) is 2. The maximum absolute atomic E-state index is 12.6. The number of carbonyl (C=O) groups excluding carboxylic acids is 4. The average molecular weight is 453 g/mol. The van der Waals surface area contributed by atoms with Gasteiger partial charge in [0, 0.05) is 0 Å². The van der Waals surface area contributed by atoms with Crippen LogP contribution in [-0.2, 0) is 28.7 Å². The molecule has 1 amide bonds. The molecule has 0 aliphatic heterocycles. The smallest absolute Gasteiger partial charge is 0.331 e. The van der Waals surface area contributed by atoms with Crippen LogP contribution in [0.25, 0.3) is 0 Å². The fraction of sp³-hybridized carbons (Fsp3) is 0.833. The number of esters is 2. The number of likely N-dealkylation sites (N-methyl/N-ethyl adjacent to an activating group) is 1. The maximum atomic E-state index is 12.6. The molecule has 182 valence electrons. The summed E-state index contributed by atoms with van der Waals surface area (Å²) in [6.07, 6.45) is 12.2. The lowest BCUT2D eigenvalue weighted by atomic mass is 9.85. The molecule has 0 radical (unpaired) electrons. The van der Waals surface area contributed by atoms with Gasteiger partial charge in [-0.05, 0) is 38.6 Å². The molecule has 2 rings (SSSR count). The number of rotatable bonds is 12. The molecule has 8 nitrogen and oxygen atoms in total. The Morgan fingerprint density at radius 2 is 1.25 bits per heavy atom. The predicted octanol–water partition coefficient (Wildman–Crippen LogP) is 3.02. The summed E-state index contributed by atoms with van der Waals surface area (Å²) in [5.41, 5.74) is 0. The number of hydrogen-bond donors (Lipinski definition) is 2. The molecule has 32 heavy (non-hydrogen) atoms. The molecule has 2 aliphatic rings. The normalized spacial score (nSPS) is 19.6. The van der Waals surface area contributed by atoms with Crippen molar-refractivity contribution in [2.24, 2.45) is 11.8 Å². The topological polar surface area (TPSA) is 111 Å². The van der Waals surface area contributed by atoms with Crippen LogP contribution in [0.5, 0.6) is 0 Å². The van der Waals surface area contributed by atoms with Gasteiger partial charge >= 0.3 is 11.9 Å². The first-order valence-electron chi connectivity index (χ1n) is 12.2. The van der Waals surface area contributed by atoms with Crippen molar-refractivity contribution in [2.75, 3.05) is 13.8 Å². The number of Topliss-reactive ketones (excluding diaryl/α,β-unsaturated/α-hetero) is 1. The summed E-state index contributed by atoms with van der Waals surface area (Å²) >= 11 is 0. The van der Waals surface area contributed by atoms with Gasteiger partial charge in [0.15, 0.2) is 0 Å². The molecule has 2 N–H and O–H groups in total. The predicted molar refractivity (Wildman–Crippen MR) is 120 cm³/mol. The van der Waals surface area contributed by atoms with Crippen molar-refractivity contribution < 1.29 is 28.7 Å². The molecule has 8 heteroatoms. The number of nitrogens with one attached hydrogen (secondary N) is 2. The Balaban J connectivity index is 1.83. The zero-order valence-electron chi connectivity index (χ0n) is 19.7. The van der Waals surface area contributed by atoms with E-state index in [2.05, 4.69) is 10.6 Å². The number of ketones is 1. The van der Waals surface area contributed by atoms with Gasteiger partial charge in [0.25, 0.3) is 0 Å². The summed E-state index contributed by atoms with van der Waals surface area (Å²) < 4.78 is 10.4. The Morgan fingerprint density at radius 3 is 1.72 bits per heavy atom. The van der Waals surface area contributed by atoms with E-state index < -0.39 is 36.7 Å². The molecule has 2 fully saturated rings. The second-order valence-corrected chi connectivity index (χ2v) is 9.36. The third-order valence-electron chi connectivity index (χ3n) is 6.65. The molecule has 2 unspecified atom stereocenters. The summed E-state index contributed by atoms with van der Waals surface area (Å²) in [5.74, 6) is -0.991. The van der Waals surface area contributed by atoms with Gasteiger partial charge < -0.3 is 20.1 Å². The third-order valence-corrected chi connectivity index (χ3v) is 6.65. The third kappa shape index (κ3) is 9.67. The van der Waals surface area contributed by atoms with Gasteiger partial charge in [-0.3, -0.25) is 14.4 Å². The van der Waals surface area contributed by atoms with Gasteiger partial charge in [0.1, 0.15) is 17.9 Å². The molecular formula is C24H40N2O6. The molecule has 0 aromatic carbocycles. The number of amides is 1. The van der Waals surface area contributed by atoms with Gasteiger partial charge in [-0.1, -0.05) is 64.2 Å². The zero-order valence-corrected chi connectivity index (χ0v) is 19.7. The minimum atomic E-state index is -0.842. The van der Waals surface area contributed by atoms with Crippen molar-refractivity contribution in [3.8, 4) is 0 Å². The fourth-order valence-corrected chi connectivity index (χ4v) is 4.88. The van der Waals surface area contributed by atoms with Crippen LogP contribution >= 0.6 is 0 Å². The van der Waals surface area contributed by atoms with Crippen LogP contribution in [0.15, 0.2) is 0 Å². The van der Waals surface area contributed by atoms with Gasteiger partial charge in [0.2, 0.25) is 12.7 Å². The average Bonchev–Trinajstić information content (AvgIpc) is 2.77. The lowest BCUT2D eigenvalue weighted by molar-refractivity contribution is -0.171. The Morgan fingerprint density at radius 1 is 0.781 bits per heavy atom. The van der Waals surface area contributed by atoms with Crippen molar-refractivity contribution in [2.45, 2.75) is 102 Å². The quantitative estimate of drug-likeness (QED) is 0.266. The first kappa shape index (κ1) is 26.3. The highest BCUT2D eigenvalue weighted by Gasteiger charge is 2.29. The molecule has 0 saturated heterocycles. The summed E-state index contributed by atoms with van der Waals surface area (Å²) in [6.45, 7) is 0.850. The monoisotopic (exact) mass is 452 g/mol. The maximum Gasteiger partial charge on any atom is 0.331 e. The van der Waals surface area contributed by atoms with E-state index in [9.17, 15) is 19.2 Å². The van der Waals surface area contributed by atoms with Crippen LogP contribution in [0.2, 0.25) is 0 Å². The van der Waals surface area contributed by atoms with E-state index in [4.69, 9.17) is 9.47 Å². The Hall–Kier alpha value is -1.96. The molecule has 0 bridgehead atoms. The number of hydrogen-bond acceptors (Lipinski definition) is 7. The second-order valence-electron chi connectivity index (χ2n) is 9.36. The van der Waals surface area contributed by atoms with Crippen LogP contribution in [0.1, 0.15) is 90.4 Å². The van der Waals surface area contributed by atoms with E-state index in [1.165, 1.54) is 32.6 Å². The highest BCUT2D eigenvalue weighted by Crippen LogP contribution is 2.28. The van der Waals surface area contributed by atoms with Crippen LogP contribution in [0.4, 0.5) is 0 Å². The van der Waals surface area contributed by atoms with Gasteiger partial charge in [-0.25, -0.2) is 4.79 Å². The van der Waals surface area contributed by atoms with Crippen molar-refractivity contribution in [1.29, 1.82) is 0 Å². The van der Waals surface area contributed by atoms with Crippen molar-refractivity contribution in [1.82, 2.24) is 10.6 Å². The van der Waals surface area contributed by atoms with E-state index in [-0.39, 0.29) is 12.2 Å². The van der Waals surface area contributed by atoms with E-state index in [1.807, 2.05) is 0 Å². The zero-order chi connectivity index (χ0) is 23.3. The first-order valence-corrected chi connectivity index (χ1v) is 12.2. The molecule has 0 aromatic heterocycles. The van der Waals surface area contributed by atoms with E-state index in [0.29, 0.717) is 24.7 Å². The highest BCUT2D eigenvalue weighted by atomic mass is 16.7. The molecule has 2 aliphatic carbocycles. The SMILES string of the molecule is CNC(CC1CCCCC1)C(=O)OCOC(=O)C(CC1CCCCC1)NC(=O)CC(C)=O. The lowest BCUT2D eigenvalue weighted by Crippen LogP contribution is -2.44. The molecular weight excluding hydrogens is 412 g/mol. The molecule has 0 spiro atoms. The summed E-state index contributed by atoms with van der Waals surface area (Å²) in [7, 11) is 1.73. The minimum Gasteiger partial charge on any atom is -0.427 e. The lowest BCUT2D eigenvalue weighted by Gasteiger charge is -2.26. The Kier molecular flexibility index (Phi) is 11.7. The van der Waals surface area contributed by atoms with Gasteiger partial charge in [0.05, 0.1) is 6.42 Å². The van der Waals surface area contributed by atoms with Gasteiger partial charge in [-0.2, -0.15) is 0 Å². The summed E-state index contributed by atoms with van der Waals surface area (Å²) in [5, 5.41) is 5.64. The summed E-state index contributed by atoms with van der Waals surface area (Å²) in [4.78, 5) is 48.4. The second kappa shape index (κ2) is 14.2. The van der Waals surface area contributed by atoms with Crippen LogP contribution < -0.4 is 10.6 Å². The molecule has 0 heterocycles. The molecule has 0 aromatic rings. The van der Waals surface area contributed by atoms with Crippen LogP contribution in [-0.4, -0.2) is 49.6 Å². The number of carbonyl (C=O) groups is 4. The largest absolute Gasteiger partial charge is 0.427 e. The fourth-order valence-electron chi connectivity index (χ4n) is 4.88. The van der Waals surface area contributed by atoms with Crippen LogP contribution in [0, 0.1) is 11.8 Å². The van der Waals surface area contributed by atoms with E-state index >= 15 is 0 Å². The molecule has 2 atom stereocenters. The van der Waals surface area contributed by atoms with Crippen molar-refractivity contribution in [3.05, 3.63) is 0 Å². The van der Waals surface area contributed by atoms with Crippen LogP contribution in [0.3, 0.4) is 0 Å². The Labute approximate surface area is 191 Å².